The molecule has 0 aliphatic rings. The predicted molar refractivity (Wildman–Crippen MR) is 108 cm³/mol. The van der Waals surface area contributed by atoms with E-state index < -0.39 is 0 Å². The molecule has 3 aromatic rings. The SMILES string of the molecule is COc1ccc(NCc2ccc(OCc3cccc(Cl)c3)cc2)cc1Cl. The first-order chi connectivity index (χ1) is 12.6. The highest BCUT2D eigenvalue weighted by Gasteiger charge is 2.02. The van der Waals surface area contributed by atoms with Crippen LogP contribution in [-0.4, -0.2) is 7.11 Å². The van der Waals surface area contributed by atoms with Gasteiger partial charge in [-0.25, -0.2) is 0 Å². The standard InChI is InChI=1S/C21H19Cl2NO2/c1-25-21-10-7-18(12-20(21)23)24-13-15-5-8-19(9-6-15)26-14-16-3-2-4-17(22)11-16/h2-12,24H,13-14H2,1H3. The van der Waals surface area contributed by atoms with Gasteiger partial charge in [0.05, 0.1) is 12.1 Å². The zero-order valence-corrected chi connectivity index (χ0v) is 15.8. The maximum Gasteiger partial charge on any atom is 0.137 e. The molecule has 0 atom stereocenters. The number of halogens is 2. The fourth-order valence-corrected chi connectivity index (χ4v) is 2.95. The Bertz CT molecular complexity index is 866. The summed E-state index contributed by atoms with van der Waals surface area (Å²) in [4.78, 5) is 0. The van der Waals surface area contributed by atoms with Crippen molar-refractivity contribution in [3.8, 4) is 11.5 Å². The largest absolute Gasteiger partial charge is 0.495 e. The van der Waals surface area contributed by atoms with Crippen molar-refractivity contribution in [2.75, 3.05) is 12.4 Å². The van der Waals surface area contributed by atoms with Crippen molar-refractivity contribution in [1.82, 2.24) is 0 Å². The zero-order valence-electron chi connectivity index (χ0n) is 14.3. The molecular weight excluding hydrogens is 369 g/mol. The molecule has 3 rings (SSSR count). The van der Waals surface area contributed by atoms with E-state index in [1.165, 1.54) is 0 Å². The van der Waals surface area contributed by atoms with Crippen LogP contribution in [0.4, 0.5) is 5.69 Å². The van der Waals surface area contributed by atoms with Gasteiger partial charge in [0.2, 0.25) is 0 Å². The fraction of sp³-hybridized carbons (Fsp3) is 0.143. The van der Waals surface area contributed by atoms with E-state index in [-0.39, 0.29) is 0 Å². The molecule has 0 saturated carbocycles. The lowest BCUT2D eigenvalue weighted by molar-refractivity contribution is 0.306. The van der Waals surface area contributed by atoms with Gasteiger partial charge < -0.3 is 14.8 Å². The minimum atomic E-state index is 0.489. The second-order valence-electron chi connectivity index (χ2n) is 5.77. The van der Waals surface area contributed by atoms with E-state index in [0.29, 0.717) is 28.9 Å². The van der Waals surface area contributed by atoms with Gasteiger partial charge in [-0.2, -0.15) is 0 Å². The van der Waals surface area contributed by atoms with E-state index >= 15 is 0 Å². The monoisotopic (exact) mass is 387 g/mol. The van der Waals surface area contributed by atoms with Crippen LogP contribution in [0.5, 0.6) is 11.5 Å². The molecule has 0 aliphatic heterocycles. The topological polar surface area (TPSA) is 30.5 Å². The maximum absolute atomic E-state index is 6.14. The van der Waals surface area contributed by atoms with E-state index in [1.54, 1.807) is 7.11 Å². The van der Waals surface area contributed by atoms with E-state index in [9.17, 15) is 0 Å². The van der Waals surface area contributed by atoms with Gasteiger partial charge in [-0.15, -0.1) is 0 Å². The number of benzene rings is 3. The van der Waals surface area contributed by atoms with Gasteiger partial charge in [-0.3, -0.25) is 0 Å². The number of anilines is 1. The Balaban J connectivity index is 1.53. The molecule has 0 amide bonds. The minimum absolute atomic E-state index is 0.489. The second kappa shape index (κ2) is 8.84. The summed E-state index contributed by atoms with van der Waals surface area (Å²) in [6.45, 7) is 1.18. The van der Waals surface area contributed by atoms with Crippen LogP contribution in [0.2, 0.25) is 10.0 Å². The van der Waals surface area contributed by atoms with Gasteiger partial charge in [-0.1, -0.05) is 47.5 Å². The number of hydrogen-bond donors (Lipinski definition) is 1. The van der Waals surface area contributed by atoms with Crippen molar-refractivity contribution in [3.63, 3.8) is 0 Å². The van der Waals surface area contributed by atoms with Crippen molar-refractivity contribution in [2.24, 2.45) is 0 Å². The van der Waals surface area contributed by atoms with Crippen molar-refractivity contribution in [1.29, 1.82) is 0 Å². The minimum Gasteiger partial charge on any atom is -0.495 e. The second-order valence-corrected chi connectivity index (χ2v) is 6.61. The van der Waals surface area contributed by atoms with Crippen LogP contribution in [0.3, 0.4) is 0 Å². The fourth-order valence-electron chi connectivity index (χ4n) is 2.48. The first kappa shape index (κ1) is 18.4. The molecule has 134 valence electrons. The first-order valence-corrected chi connectivity index (χ1v) is 8.93. The quantitative estimate of drug-likeness (QED) is 0.523. The third-order valence-corrected chi connectivity index (χ3v) is 4.40. The molecule has 3 nitrogen and oxygen atoms in total. The number of hydrogen-bond acceptors (Lipinski definition) is 3. The molecule has 0 heterocycles. The molecule has 26 heavy (non-hydrogen) atoms. The van der Waals surface area contributed by atoms with Crippen molar-refractivity contribution < 1.29 is 9.47 Å². The predicted octanol–water partition coefficient (Wildman–Crippen LogP) is 6.19. The Morgan fingerprint density at radius 1 is 0.885 bits per heavy atom. The summed E-state index contributed by atoms with van der Waals surface area (Å²) >= 11 is 12.1. The Kier molecular flexibility index (Phi) is 6.26. The molecule has 0 unspecified atom stereocenters. The lowest BCUT2D eigenvalue weighted by Gasteiger charge is -2.10. The number of ether oxygens (including phenoxy) is 2. The normalized spacial score (nSPS) is 10.4. The average Bonchev–Trinajstić information content (AvgIpc) is 2.66. The third-order valence-electron chi connectivity index (χ3n) is 3.87. The van der Waals surface area contributed by atoms with Crippen LogP contribution >= 0.6 is 23.2 Å². The Labute approximate surface area is 163 Å². The van der Waals surface area contributed by atoms with Crippen LogP contribution in [-0.2, 0) is 13.2 Å². The van der Waals surface area contributed by atoms with Crippen LogP contribution in [0, 0.1) is 0 Å². The van der Waals surface area contributed by atoms with Crippen LogP contribution in [0.25, 0.3) is 0 Å². The van der Waals surface area contributed by atoms with E-state index in [1.807, 2.05) is 66.7 Å². The highest BCUT2D eigenvalue weighted by atomic mass is 35.5. The number of rotatable bonds is 7. The van der Waals surface area contributed by atoms with Gasteiger partial charge in [0, 0.05) is 17.3 Å². The van der Waals surface area contributed by atoms with E-state index in [2.05, 4.69) is 5.32 Å². The van der Waals surface area contributed by atoms with Crippen LogP contribution < -0.4 is 14.8 Å². The van der Waals surface area contributed by atoms with E-state index in [0.717, 1.165) is 22.6 Å². The summed E-state index contributed by atoms with van der Waals surface area (Å²) < 4.78 is 11.0. The van der Waals surface area contributed by atoms with Crippen molar-refractivity contribution >= 4 is 28.9 Å². The number of nitrogens with one attached hydrogen (secondary N) is 1. The smallest absolute Gasteiger partial charge is 0.137 e. The molecule has 0 bridgehead atoms. The Morgan fingerprint density at radius 2 is 1.69 bits per heavy atom. The Hall–Kier alpha value is -2.36. The summed E-state index contributed by atoms with van der Waals surface area (Å²) in [5.74, 6) is 1.49. The molecular formula is C21H19Cl2NO2. The van der Waals surface area contributed by atoms with Crippen LogP contribution in [0.1, 0.15) is 11.1 Å². The summed E-state index contributed by atoms with van der Waals surface area (Å²) in [7, 11) is 1.60. The highest BCUT2D eigenvalue weighted by Crippen LogP contribution is 2.27. The molecule has 3 aromatic carbocycles. The molecule has 0 spiro atoms. The summed E-state index contributed by atoms with van der Waals surface area (Å²) in [5.41, 5.74) is 3.13. The lowest BCUT2D eigenvalue weighted by atomic mass is 10.2. The zero-order chi connectivity index (χ0) is 18.4. The maximum atomic E-state index is 6.14. The average molecular weight is 388 g/mol. The molecule has 0 radical (unpaired) electrons. The molecule has 0 saturated heterocycles. The van der Waals surface area contributed by atoms with Crippen molar-refractivity contribution in [2.45, 2.75) is 13.2 Å². The van der Waals surface area contributed by atoms with Crippen molar-refractivity contribution in [3.05, 3.63) is 87.9 Å². The summed E-state index contributed by atoms with van der Waals surface area (Å²) in [6.07, 6.45) is 0. The molecule has 5 heteroatoms. The van der Waals surface area contributed by atoms with Gasteiger partial charge in [0.15, 0.2) is 0 Å². The lowest BCUT2D eigenvalue weighted by Crippen LogP contribution is -2.00. The Morgan fingerprint density at radius 3 is 2.38 bits per heavy atom. The summed E-state index contributed by atoms with van der Waals surface area (Å²) in [6, 6.07) is 21.3. The van der Waals surface area contributed by atoms with Gasteiger partial charge >= 0.3 is 0 Å². The van der Waals surface area contributed by atoms with Gasteiger partial charge in [0.1, 0.15) is 18.1 Å². The molecule has 0 aliphatic carbocycles. The molecule has 0 aromatic heterocycles. The molecule has 0 fully saturated rings. The van der Waals surface area contributed by atoms with Gasteiger partial charge in [0.25, 0.3) is 0 Å². The van der Waals surface area contributed by atoms with E-state index in [4.69, 9.17) is 32.7 Å². The van der Waals surface area contributed by atoms with Gasteiger partial charge in [-0.05, 0) is 53.6 Å². The third kappa shape index (κ3) is 5.07. The first-order valence-electron chi connectivity index (χ1n) is 8.17. The van der Waals surface area contributed by atoms with Crippen LogP contribution in [0.15, 0.2) is 66.7 Å². The summed E-state index contributed by atoms with van der Waals surface area (Å²) in [5, 5.41) is 4.64. The highest BCUT2D eigenvalue weighted by molar-refractivity contribution is 6.32. The number of methoxy groups -OCH3 is 1. The molecule has 1 N–H and O–H groups in total.